The molecule has 23 heavy (non-hydrogen) atoms. The second kappa shape index (κ2) is 5.27. The third kappa shape index (κ3) is 2.15. The molecule has 1 aliphatic heterocycles. The highest BCUT2D eigenvalue weighted by atomic mass is 16.5. The molecule has 4 rings (SSSR count). The molecule has 0 radical (unpaired) electrons. The van der Waals surface area contributed by atoms with Gasteiger partial charge in [-0.05, 0) is 41.8 Å². The maximum absolute atomic E-state index is 12.7. The van der Waals surface area contributed by atoms with Gasteiger partial charge in [-0.2, -0.15) is 0 Å². The standard InChI is InChI=1S/C20H19NO2/c1-12-10-16-15-11-14(23-2)8-9-17(15)21-19(18(16)20(12)22)13-6-4-3-5-7-13/h3-11,16,18-19,21H,1-2H3/t16-,18-,19+/m0/s1. The summed E-state index contributed by atoms with van der Waals surface area (Å²) < 4.78 is 5.36. The summed E-state index contributed by atoms with van der Waals surface area (Å²) in [6.07, 6.45) is 2.11. The summed E-state index contributed by atoms with van der Waals surface area (Å²) in [6.45, 7) is 1.92. The van der Waals surface area contributed by atoms with Crippen molar-refractivity contribution in [1.82, 2.24) is 0 Å². The zero-order valence-corrected chi connectivity index (χ0v) is 13.2. The van der Waals surface area contributed by atoms with Gasteiger partial charge in [0.2, 0.25) is 0 Å². The molecule has 2 aromatic carbocycles. The minimum Gasteiger partial charge on any atom is -0.497 e. The largest absolute Gasteiger partial charge is 0.497 e. The van der Waals surface area contributed by atoms with Crippen LogP contribution < -0.4 is 10.1 Å². The first-order valence-electron chi connectivity index (χ1n) is 7.91. The number of benzene rings is 2. The molecule has 0 saturated heterocycles. The summed E-state index contributed by atoms with van der Waals surface area (Å²) in [5.41, 5.74) is 4.24. The van der Waals surface area contributed by atoms with Crippen LogP contribution in [-0.4, -0.2) is 12.9 Å². The van der Waals surface area contributed by atoms with Gasteiger partial charge in [0.25, 0.3) is 0 Å². The Balaban J connectivity index is 1.85. The van der Waals surface area contributed by atoms with Crippen molar-refractivity contribution in [3.8, 4) is 5.75 Å². The van der Waals surface area contributed by atoms with E-state index in [1.807, 2.05) is 43.3 Å². The number of hydrogen-bond acceptors (Lipinski definition) is 3. The Morgan fingerprint density at radius 3 is 2.61 bits per heavy atom. The van der Waals surface area contributed by atoms with E-state index in [-0.39, 0.29) is 23.7 Å². The summed E-state index contributed by atoms with van der Waals surface area (Å²) in [6, 6.07) is 16.3. The maximum Gasteiger partial charge on any atom is 0.164 e. The Morgan fingerprint density at radius 2 is 1.87 bits per heavy atom. The molecule has 0 amide bonds. The van der Waals surface area contributed by atoms with E-state index in [0.717, 1.165) is 28.1 Å². The smallest absolute Gasteiger partial charge is 0.164 e. The van der Waals surface area contributed by atoms with E-state index in [1.165, 1.54) is 0 Å². The number of ether oxygens (including phenoxy) is 1. The normalized spacial score (nSPS) is 25.2. The molecule has 2 aromatic rings. The quantitative estimate of drug-likeness (QED) is 0.908. The van der Waals surface area contributed by atoms with E-state index in [9.17, 15) is 4.79 Å². The molecule has 0 bridgehead atoms. The average Bonchev–Trinajstić information content (AvgIpc) is 2.90. The highest BCUT2D eigenvalue weighted by molar-refractivity contribution is 6.02. The molecule has 3 nitrogen and oxygen atoms in total. The van der Waals surface area contributed by atoms with E-state index < -0.39 is 0 Å². The van der Waals surface area contributed by atoms with Gasteiger partial charge in [-0.25, -0.2) is 0 Å². The predicted octanol–water partition coefficient (Wildman–Crippen LogP) is 4.09. The number of anilines is 1. The van der Waals surface area contributed by atoms with Gasteiger partial charge >= 0.3 is 0 Å². The van der Waals surface area contributed by atoms with Crippen molar-refractivity contribution in [2.45, 2.75) is 18.9 Å². The van der Waals surface area contributed by atoms with Gasteiger partial charge in [0.15, 0.2) is 5.78 Å². The fourth-order valence-electron chi connectivity index (χ4n) is 3.81. The summed E-state index contributed by atoms with van der Waals surface area (Å²) in [4.78, 5) is 12.7. The van der Waals surface area contributed by atoms with Crippen LogP contribution in [0.15, 0.2) is 60.2 Å². The predicted molar refractivity (Wildman–Crippen MR) is 90.8 cm³/mol. The number of carbonyl (C=O) groups is 1. The molecule has 3 heteroatoms. The molecule has 1 N–H and O–H groups in total. The lowest BCUT2D eigenvalue weighted by Crippen LogP contribution is -2.33. The minimum atomic E-state index is -0.0861. The fraction of sp³-hybridized carbons (Fsp3) is 0.250. The van der Waals surface area contributed by atoms with Crippen LogP contribution in [-0.2, 0) is 4.79 Å². The first-order chi connectivity index (χ1) is 11.2. The topological polar surface area (TPSA) is 38.3 Å². The van der Waals surface area contributed by atoms with E-state index in [2.05, 4.69) is 23.5 Å². The Kier molecular flexibility index (Phi) is 3.22. The number of Topliss-reactive ketones (excluding diaryl/α,β-unsaturated/α-hetero) is 1. The van der Waals surface area contributed by atoms with E-state index >= 15 is 0 Å². The lowest BCUT2D eigenvalue weighted by atomic mass is 9.76. The van der Waals surface area contributed by atoms with E-state index in [1.54, 1.807) is 7.11 Å². The number of nitrogens with one attached hydrogen (secondary N) is 1. The Bertz CT molecular complexity index is 795. The van der Waals surface area contributed by atoms with E-state index in [4.69, 9.17) is 4.74 Å². The van der Waals surface area contributed by atoms with Crippen LogP contribution in [0, 0.1) is 5.92 Å². The number of hydrogen-bond donors (Lipinski definition) is 1. The monoisotopic (exact) mass is 305 g/mol. The summed E-state index contributed by atoms with van der Waals surface area (Å²) >= 11 is 0. The van der Waals surface area contributed by atoms with E-state index in [0.29, 0.717) is 0 Å². The van der Waals surface area contributed by atoms with Gasteiger partial charge in [-0.15, -0.1) is 0 Å². The van der Waals surface area contributed by atoms with Crippen LogP contribution in [0.2, 0.25) is 0 Å². The second-order valence-electron chi connectivity index (χ2n) is 6.25. The Morgan fingerprint density at radius 1 is 1.09 bits per heavy atom. The maximum atomic E-state index is 12.7. The lowest BCUT2D eigenvalue weighted by molar-refractivity contribution is -0.119. The average molecular weight is 305 g/mol. The Hall–Kier alpha value is -2.55. The van der Waals surface area contributed by atoms with Gasteiger partial charge in [-0.1, -0.05) is 36.4 Å². The molecule has 116 valence electrons. The second-order valence-corrected chi connectivity index (χ2v) is 6.25. The van der Waals surface area contributed by atoms with Gasteiger partial charge in [-0.3, -0.25) is 4.79 Å². The Labute approximate surface area is 136 Å². The van der Waals surface area contributed by atoms with Crippen LogP contribution in [0.3, 0.4) is 0 Å². The zero-order valence-electron chi connectivity index (χ0n) is 13.2. The SMILES string of the molecule is COc1ccc2c(c1)[C@@H]1C=C(C)C(=O)[C@@H]1[C@@H](c1ccccc1)N2. The molecular weight excluding hydrogens is 286 g/mol. The summed E-state index contributed by atoms with van der Waals surface area (Å²) in [5.74, 6) is 1.09. The molecule has 0 aromatic heterocycles. The molecule has 0 unspecified atom stereocenters. The number of methoxy groups -OCH3 is 1. The fourth-order valence-corrected chi connectivity index (χ4v) is 3.81. The first kappa shape index (κ1) is 14.1. The molecule has 0 spiro atoms. The molecule has 1 heterocycles. The molecular formula is C20H19NO2. The van der Waals surface area contributed by atoms with Crippen molar-refractivity contribution < 1.29 is 9.53 Å². The van der Waals surface area contributed by atoms with Crippen molar-refractivity contribution in [1.29, 1.82) is 0 Å². The third-order valence-electron chi connectivity index (χ3n) is 4.95. The van der Waals surface area contributed by atoms with Crippen molar-refractivity contribution >= 4 is 11.5 Å². The van der Waals surface area contributed by atoms with Crippen molar-refractivity contribution in [2.75, 3.05) is 12.4 Å². The van der Waals surface area contributed by atoms with Gasteiger partial charge < -0.3 is 10.1 Å². The molecule has 0 saturated carbocycles. The molecule has 3 atom stereocenters. The highest BCUT2D eigenvalue weighted by Crippen LogP contribution is 2.50. The van der Waals surface area contributed by atoms with Crippen LogP contribution in [0.25, 0.3) is 0 Å². The molecule has 0 fully saturated rings. The van der Waals surface area contributed by atoms with Crippen LogP contribution in [0.5, 0.6) is 5.75 Å². The number of carbonyl (C=O) groups excluding carboxylic acids is 1. The van der Waals surface area contributed by atoms with Crippen molar-refractivity contribution in [2.24, 2.45) is 5.92 Å². The zero-order chi connectivity index (χ0) is 16.0. The van der Waals surface area contributed by atoms with Gasteiger partial charge in [0.05, 0.1) is 19.1 Å². The van der Waals surface area contributed by atoms with Gasteiger partial charge in [0.1, 0.15) is 5.75 Å². The minimum absolute atomic E-state index is 0.00305. The summed E-state index contributed by atoms with van der Waals surface area (Å²) in [7, 11) is 1.67. The van der Waals surface area contributed by atoms with Crippen LogP contribution in [0.4, 0.5) is 5.69 Å². The summed E-state index contributed by atoms with van der Waals surface area (Å²) in [5, 5.41) is 3.58. The first-order valence-corrected chi connectivity index (χ1v) is 7.91. The third-order valence-corrected chi connectivity index (χ3v) is 4.95. The lowest BCUT2D eigenvalue weighted by Gasteiger charge is -2.36. The number of fused-ring (bicyclic) bond motifs is 3. The van der Waals surface area contributed by atoms with Crippen LogP contribution in [0.1, 0.15) is 30.0 Å². The number of allylic oxidation sites excluding steroid dienone is 2. The number of ketones is 1. The molecule has 2 aliphatic rings. The van der Waals surface area contributed by atoms with Gasteiger partial charge in [0, 0.05) is 11.6 Å². The molecule has 1 aliphatic carbocycles. The number of rotatable bonds is 2. The van der Waals surface area contributed by atoms with Crippen LogP contribution >= 0.6 is 0 Å². The highest BCUT2D eigenvalue weighted by Gasteiger charge is 2.44. The van der Waals surface area contributed by atoms with Crippen molar-refractivity contribution in [3.63, 3.8) is 0 Å². The van der Waals surface area contributed by atoms with Crippen molar-refractivity contribution in [3.05, 3.63) is 71.3 Å².